The Morgan fingerprint density at radius 1 is 1.08 bits per heavy atom. The third-order valence-corrected chi connectivity index (χ3v) is 8.33. The van der Waals surface area contributed by atoms with Gasteiger partial charge in [0.25, 0.3) is 0 Å². The summed E-state index contributed by atoms with van der Waals surface area (Å²) in [5.74, 6) is 1.32. The van der Waals surface area contributed by atoms with Gasteiger partial charge in [-0.05, 0) is 117 Å². The highest BCUT2D eigenvalue weighted by atomic mass is 16.5. The number of carbonyl (C=O) groups is 1. The van der Waals surface area contributed by atoms with Crippen LogP contribution in [0.15, 0.2) is 42.5 Å². The van der Waals surface area contributed by atoms with Gasteiger partial charge in [-0.25, -0.2) is 0 Å². The molecule has 4 rings (SSSR count). The number of benzene rings is 2. The van der Waals surface area contributed by atoms with Crippen LogP contribution >= 0.6 is 0 Å². The van der Waals surface area contributed by atoms with Crippen molar-refractivity contribution in [2.45, 2.75) is 84.6 Å². The molecule has 5 nitrogen and oxygen atoms in total. The van der Waals surface area contributed by atoms with Crippen molar-refractivity contribution in [2.75, 3.05) is 38.7 Å². The summed E-state index contributed by atoms with van der Waals surface area (Å²) in [4.78, 5) is 16.2. The lowest BCUT2D eigenvalue weighted by atomic mass is 9.88. The molecule has 2 fully saturated rings. The second-order valence-electron chi connectivity index (χ2n) is 13.5. The van der Waals surface area contributed by atoms with E-state index in [0.29, 0.717) is 17.3 Å². The van der Waals surface area contributed by atoms with Crippen molar-refractivity contribution in [1.29, 1.82) is 0 Å². The lowest BCUT2D eigenvalue weighted by molar-refractivity contribution is -0.137. The molecule has 1 saturated carbocycles. The summed E-state index contributed by atoms with van der Waals surface area (Å²) < 4.78 is 6.28. The topological polar surface area (TPSA) is 53.0 Å². The molecule has 39 heavy (non-hydrogen) atoms. The second-order valence-corrected chi connectivity index (χ2v) is 13.5. The largest absolute Gasteiger partial charge is 0.493 e. The van der Waals surface area contributed by atoms with Crippen molar-refractivity contribution in [3.05, 3.63) is 59.2 Å². The van der Waals surface area contributed by atoms with Crippen molar-refractivity contribution in [1.82, 2.24) is 4.90 Å². The molecule has 1 heterocycles. The van der Waals surface area contributed by atoms with Gasteiger partial charge in [-0.3, -0.25) is 4.79 Å². The Hall–Kier alpha value is -2.53. The molecule has 2 aromatic carbocycles. The van der Waals surface area contributed by atoms with Crippen molar-refractivity contribution in [2.24, 2.45) is 17.3 Å². The molecule has 2 aliphatic rings. The highest BCUT2D eigenvalue weighted by Crippen LogP contribution is 2.45. The first-order chi connectivity index (χ1) is 18.6. The van der Waals surface area contributed by atoms with E-state index in [4.69, 9.17) is 4.74 Å². The van der Waals surface area contributed by atoms with E-state index in [0.717, 1.165) is 69.7 Å². The van der Waals surface area contributed by atoms with Crippen molar-refractivity contribution in [3.63, 3.8) is 0 Å². The summed E-state index contributed by atoms with van der Waals surface area (Å²) in [6.07, 6.45) is 8.34. The first-order valence-electron chi connectivity index (χ1n) is 15.0. The van der Waals surface area contributed by atoms with Gasteiger partial charge in [0.1, 0.15) is 5.75 Å². The van der Waals surface area contributed by atoms with Crippen LogP contribution in [0.2, 0.25) is 0 Å². The number of ether oxygens (including phenoxy) is 1. The van der Waals surface area contributed by atoms with Crippen LogP contribution in [-0.4, -0.2) is 49.8 Å². The van der Waals surface area contributed by atoms with Gasteiger partial charge in [-0.15, -0.1) is 0 Å². The molecular formula is C34H50N2O3. The molecule has 0 bridgehead atoms. The fourth-order valence-corrected chi connectivity index (χ4v) is 6.02. The molecule has 1 N–H and O–H groups in total. The number of aryl methyl sites for hydroxylation is 1. The zero-order valence-corrected chi connectivity index (χ0v) is 24.9. The lowest BCUT2D eigenvalue weighted by Crippen LogP contribution is -2.36. The van der Waals surface area contributed by atoms with Gasteiger partial charge in [-0.2, -0.15) is 0 Å². The Morgan fingerprint density at radius 2 is 1.82 bits per heavy atom. The average molecular weight is 535 g/mol. The molecule has 1 atom stereocenters. The van der Waals surface area contributed by atoms with E-state index >= 15 is 0 Å². The molecule has 1 saturated heterocycles. The Balaban J connectivity index is 1.34. The molecular weight excluding hydrogens is 484 g/mol. The van der Waals surface area contributed by atoms with Crippen LogP contribution in [0.3, 0.4) is 0 Å². The molecule has 2 aromatic rings. The molecule has 0 spiro atoms. The smallest absolute Gasteiger partial charge is 0.303 e. The number of carboxylic acids is 1. The molecule has 1 aliphatic heterocycles. The molecule has 5 heteroatoms. The van der Waals surface area contributed by atoms with Crippen molar-refractivity contribution < 1.29 is 14.6 Å². The predicted octanol–water partition coefficient (Wildman–Crippen LogP) is 7.38. The van der Waals surface area contributed by atoms with Gasteiger partial charge in [0.15, 0.2) is 0 Å². The van der Waals surface area contributed by atoms with Gasteiger partial charge >= 0.3 is 5.97 Å². The van der Waals surface area contributed by atoms with Gasteiger partial charge in [-0.1, -0.05) is 45.0 Å². The summed E-state index contributed by atoms with van der Waals surface area (Å²) in [5, 5.41) is 9.38. The minimum atomic E-state index is -0.713. The van der Waals surface area contributed by atoms with E-state index in [1.807, 2.05) is 12.1 Å². The maximum atomic E-state index is 11.4. The number of hydrogen-bond donors (Lipinski definition) is 1. The molecule has 0 aromatic heterocycles. The van der Waals surface area contributed by atoms with Gasteiger partial charge in [0, 0.05) is 25.3 Å². The Morgan fingerprint density at radius 3 is 2.46 bits per heavy atom. The molecule has 0 radical (unpaired) electrons. The zero-order valence-electron chi connectivity index (χ0n) is 24.9. The second kappa shape index (κ2) is 13.2. The number of anilines is 1. The Bertz CT molecular complexity index is 1080. The number of piperidine rings is 1. The number of carboxylic acid groups (broad SMARTS) is 1. The van der Waals surface area contributed by atoms with E-state index in [-0.39, 0.29) is 12.3 Å². The van der Waals surface area contributed by atoms with E-state index in [1.165, 1.54) is 29.7 Å². The fraction of sp³-hybridized carbons (Fsp3) is 0.618. The SMILES string of the molecule is CN(C)Cc1ccc(CCCC(C)(C)C)c(N2CCC(COc3cccc(C(CC(=O)O)C4CC4)c3)CC2)c1. The predicted molar refractivity (Wildman–Crippen MR) is 161 cm³/mol. The Labute approximate surface area is 236 Å². The van der Waals surface area contributed by atoms with Crippen LogP contribution in [0.1, 0.15) is 88.3 Å². The van der Waals surface area contributed by atoms with E-state index in [1.54, 1.807) is 0 Å². The first kappa shape index (κ1) is 29.5. The molecule has 1 unspecified atom stereocenters. The van der Waals surface area contributed by atoms with Crippen LogP contribution in [-0.2, 0) is 17.8 Å². The monoisotopic (exact) mass is 534 g/mol. The average Bonchev–Trinajstić information content (AvgIpc) is 3.72. The summed E-state index contributed by atoms with van der Waals surface area (Å²) in [6, 6.07) is 15.3. The maximum absolute atomic E-state index is 11.4. The minimum Gasteiger partial charge on any atom is -0.493 e. The summed E-state index contributed by atoms with van der Waals surface area (Å²) in [5.41, 5.74) is 5.79. The summed E-state index contributed by atoms with van der Waals surface area (Å²) >= 11 is 0. The van der Waals surface area contributed by atoms with E-state index < -0.39 is 5.97 Å². The van der Waals surface area contributed by atoms with Crippen LogP contribution in [0.25, 0.3) is 0 Å². The Kier molecular flexibility index (Phi) is 9.98. The van der Waals surface area contributed by atoms with Crippen LogP contribution in [0.4, 0.5) is 5.69 Å². The number of rotatable bonds is 13. The fourth-order valence-electron chi connectivity index (χ4n) is 6.02. The lowest BCUT2D eigenvalue weighted by Gasteiger charge is -2.35. The highest BCUT2D eigenvalue weighted by Gasteiger charge is 2.34. The highest BCUT2D eigenvalue weighted by molar-refractivity contribution is 5.68. The third kappa shape index (κ3) is 9.27. The van der Waals surface area contributed by atoms with Crippen LogP contribution in [0, 0.1) is 17.3 Å². The van der Waals surface area contributed by atoms with Gasteiger partial charge in [0.05, 0.1) is 13.0 Å². The van der Waals surface area contributed by atoms with Crippen LogP contribution < -0.4 is 9.64 Å². The number of nitrogens with zero attached hydrogens (tertiary/aromatic N) is 2. The quantitative estimate of drug-likeness (QED) is 0.291. The normalized spacial score (nSPS) is 17.4. The third-order valence-electron chi connectivity index (χ3n) is 8.33. The molecule has 214 valence electrons. The summed E-state index contributed by atoms with van der Waals surface area (Å²) in [7, 11) is 4.27. The minimum absolute atomic E-state index is 0.107. The first-order valence-corrected chi connectivity index (χ1v) is 15.0. The molecule has 1 aliphatic carbocycles. The van der Waals surface area contributed by atoms with Crippen molar-refractivity contribution in [3.8, 4) is 5.75 Å². The van der Waals surface area contributed by atoms with E-state index in [9.17, 15) is 9.90 Å². The molecule has 0 amide bonds. The van der Waals surface area contributed by atoms with Gasteiger partial charge in [0.2, 0.25) is 0 Å². The number of aliphatic carboxylic acids is 1. The summed E-state index contributed by atoms with van der Waals surface area (Å²) in [6.45, 7) is 10.8. The van der Waals surface area contributed by atoms with Crippen molar-refractivity contribution >= 4 is 11.7 Å². The van der Waals surface area contributed by atoms with Crippen LogP contribution in [0.5, 0.6) is 5.75 Å². The maximum Gasteiger partial charge on any atom is 0.303 e. The van der Waals surface area contributed by atoms with E-state index in [2.05, 4.69) is 75.0 Å². The standard InChI is InChI=1S/C34H50N2O3/c1-34(2,3)17-7-9-28-12-11-26(23-35(4)5)20-32(28)36-18-15-25(16-19-36)24-39-30-10-6-8-29(21-30)31(22-33(37)38)27-13-14-27/h6,8,10-12,20-21,25,27,31H,7,9,13-19,22-24H2,1-5H3,(H,37,38). The van der Waals surface area contributed by atoms with Gasteiger partial charge < -0.3 is 19.6 Å². The number of hydrogen-bond acceptors (Lipinski definition) is 4. The zero-order chi connectivity index (χ0) is 28.0.